The van der Waals surface area contributed by atoms with E-state index in [0.717, 1.165) is 19.3 Å². The molecule has 2 atom stereocenters. The van der Waals surface area contributed by atoms with Gasteiger partial charge in [-0.05, 0) is 49.7 Å². The van der Waals surface area contributed by atoms with Gasteiger partial charge in [0.2, 0.25) is 0 Å². The first-order valence-electron chi connectivity index (χ1n) is 9.08. The fraction of sp³-hybridized carbons (Fsp3) is 0.261. The van der Waals surface area contributed by atoms with Gasteiger partial charge in [0, 0.05) is 12.0 Å². The number of rotatable bonds is 9. The average molecular weight is 332 g/mol. The molecule has 0 aromatic heterocycles. The summed E-state index contributed by atoms with van der Waals surface area (Å²) in [4.78, 5) is 6.18. The Morgan fingerprint density at radius 2 is 1.52 bits per heavy atom. The lowest BCUT2D eigenvalue weighted by Gasteiger charge is -2.27. The minimum atomic E-state index is 0.0689. The molecule has 0 amide bonds. The lowest BCUT2D eigenvalue weighted by molar-refractivity contribution is -0.0463. The third-order valence-corrected chi connectivity index (χ3v) is 4.45. The van der Waals surface area contributed by atoms with Gasteiger partial charge in [0.15, 0.2) is 0 Å². The van der Waals surface area contributed by atoms with Gasteiger partial charge < -0.3 is 0 Å². The Morgan fingerprint density at radius 1 is 0.880 bits per heavy atom. The highest BCUT2D eigenvalue weighted by atomic mass is 16.7. The molecule has 2 aromatic carbocycles. The minimum absolute atomic E-state index is 0.0689. The molecule has 0 unspecified atom stereocenters. The summed E-state index contributed by atoms with van der Waals surface area (Å²) in [6.45, 7) is 2.19. The van der Waals surface area contributed by atoms with Crippen LogP contribution in [0.15, 0.2) is 60.7 Å². The normalized spacial score (nSPS) is 17.5. The Kier molecular flexibility index (Phi) is 7.08. The average Bonchev–Trinajstić information content (AvgIpc) is 3.20. The zero-order chi connectivity index (χ0) is 17.3. The van der Waals surface area contributed by atoms with Crippen molar-refractivity contribution >= 4 is 0 Å². The van der Waals surface area contributed by atoms with Crippen molar-refractivity contribution < 1.29 is 4.84 Å². The second kappa shape index (κ2) is 9.74. The predicted molar refractivity (Wildman–Crippen MR) is 103 cm³/mol. The highest BCUT2D eigenvalue weighted by Gasteiger charge is 2.27. The molecule has 0 heterocycles. The summed E-state index contributed by atoms with van der Waals surface area (Å²) >= 11 is 0. The molecule has 1 aliphatic carbocycles. The van der Waals surface area contributed by atoms with Gasteiger partial charge in [0.25, 0.3) is 0 Å². The molecule has 25 heavy (non-hydrogen) atoms. The molecule has 129 valence electrons. The van der Waals surface area contributed by atoms with E-state index >= 15 is 0 Å². The van der Waals surface area contributed by atoms with Crippen LogP contribution in [0.2, 0.25) is 0 Å². The first-order chi connectivity index (χ1) is 12.4. The third kappa shape index (κ3) is 5.42. The lowest BCUT2D eigenvalue weighted by atomic mass is 9.93. The summed E-state index contributed by atoms with van der Waals surface area (Å²) in [5, 5.41) is 0. The van der Waals surface area contributed by atoms with Crippen LogP contribution in [0.1, 0.15) is 37.0 Å². The molecule has 5 radical (unpaired) electrons. The molecule has 2 heteroatoms. The van der Waals surface area contributed by atoms with Gasteiger partial charge in [-0.1, -0.05) is 74.0 Å². The monoisotopic (exact) mass is 332 g/mol. The second-order valence-electron chi connectivity index (χ2n) is 6.38. The molecule has 0 spiro atoms. The molecular formula is C23H26NO. The minimum Gasteiger partial charge on any atom is -0.293 e. The van der Waals surface area contributed by atoms with Crippen LogP contribution in [0.4, 0.5) is 0 Å². The van der Waals surface area contributed by atoms with Crippen LogP contribution in [0.3, 0.4) is 0 Å². The van der Waals surface area contributed by atoms with E-state index in [1.807, 2.05) is 6.07 Å². The Hall–Kier alpha value is -1.64. The van der Waals surface area contributed by atoms with Gasteiger partial charge in [0.1, 0.15) is 6.10 Å². The maximum atomic E-state index is 6.18. The summed E-state index contributed by atoms with van der Waals surface area (Å²) in [5.74, 6) is 1.26. The highest BCUT2D eigenvalue weighted by Crippen LogP contribution is 2.29. The van der Waals surface area contributed by atoms with E-state index in [1.54, 1.807) is 0 Å². The molecule has 1 N–H and O–H groups in total. The Labute approximate surface area is 152 Å². The number of benzene rings is 2. The molecule has 3 rings (SSSR count). The van der Waals surface area contributed by atoms with Crippen molar-refractivity contribution in [3.8, 4) is 0 Å². The SMILES string of the molecule is CCC[C@@H](ON[C@H](Cc1ccccc1)[C]1[CH][CH][CH][CH]1)c1ccccc1. The van der Waals surface area contributed by atoms with Crippen LogP contribution in [0, 0.1) is 31.6 Å². The van der Waals surface area contributed by atoms with Crippen LogP contribution in [-0.2, 0) is 11.3 Å². The first-order valence-corrected chi connectivity index (χ1v) is 9.08. The van der Waals surface area contributed by atoms with E-state index < -0.39 is 0 Å². The first kappa shape index (κ1) is 18.2. The van der Waals surface area contributed by atoms with Gasteiger partial charge in [-0.25, -0.2) is 0 Å². The largest absolute Gasteiger partial charge is 0.293 e. The van der Waals surface area contributed by atoms with E-state index in [0.29, 0.717) is 0 Å². The Morgan fingerprint density at radius 3 is 2.16 bits per heavy atom. The van der Waals surface area contributed by atoms with Crippen LogP contribution in [-0.4, -0.2) is 6.04 Å². The van der Waals surface area contributed by atoms with Crippen molar-refractivity contribution in [1.29, 1.82) is 0 Å². The van der Waals surface area contributed by atoms with E-state index in [9.17, 15) is 0 Å². The smallest absolute Gasteiger partial charge is 0.104 e. The number of hydroxylamine groups is 1. The van der Waals surface area contributed by atoms with Gasteiger partial charge >= 0.3 is 0 Å². The van der Waals surface area contributed by atoms with E-state index in [4.69, 9.17) is 4.84 Å². The maximum absolute atomic E-state index is 6.18. The summed E-state index contributed by atoms with van der Waals surface area (Å²) in [6.07, 6.45) is 11.5. The molecule has 1 saturated carbocycles. The molecular weight excluding hydrogens is 306 g/mol. The van der Waals surface area contributed by atoms with Crippen LogP contribution in [0.25, 0.3) is 0 Å². The highest BCUT2D eigenvalue weighted by molar-refractivity contribution is 5.39. The second-order valence-corrected chi connectivity index (χ2v) is 6.38. The Bertz CT molecular complexity index is 592. The molecule has 0 saturated heterocycles. The quantitative estimate of drug-likeness (QED) is 0.648. The van der Waals surface area contributed by atoms with Gasteiger partial charge in [-0.15, -0.1) is 0 Å². The van der Waals surface area contributed by atoms with E-state index in [-0.39, 0.29) is 12.1 Å². The van der Waals surface area contributed by atoms with Gasteiger partial charge in [-0.3, -0.25) is 4.84 Å². The molecule has 2 aromatic rings. The summed E-state index contributed by atoms with van der Waals surface area (Å²) < 4.78 is 0. The number of hydrogen-bond acceptors (Lipinski definition) is 2. The topological polar surface area (TPSA) is 21.3 Å². The van der Waals surface area contributed by atoms with E-state index in [1.165, 1.54) is 17.0 Å². The van der Waals surface area contributed by atoms with Gasteiger partial charge in [-0.2, -0.15) is 5.48 Å². The third-order valence-electron chi connectivity index (χ3n) is 4.45. The van der Waals surface area contributed by atoms with Crippen molar-refractivity contribution in [2.45, 2.75) is 38.3 Å². The fourth-order valence-electron chi connectivity index (χ4n) is 3.09. The molecule has 0 aliphatic heterocycles. The number of hydrogen-bond donors (Lipinski definition) is 1. The molecule has 0 bridgehead atoms. The molecule has 1 aliphatic rings. The predicted octanol–water partition coefficient (Wildman–Crippen LogP) is 5.07. The van der Waals surface area contributed by atoms with Crippen molar-refractivity contribution in [1.82, 2.24) is 5.48 Å². The van der Waals surface area contributed by atoms with Crippen LogP contribution >= 0.6 is 0 Å². The molecule has 1 fully saturated rings. The lowest BCUT2D eigenvalue weighted by Crippen LogP contribution is -2.37. The maximum Gasteiger partial charge on any atom is 0.104 e. The van der Waals surface area contributed by atoms with Crippen molar-refractivity contribution in [2.24, 2.45) is 0 Å². The molecule has 2 nitrogen and oxygen atoms in total. The summed E-state index contributed by atoms with van der Waals surface area (Å²) in [7, 11) is 0. The van der Waals surface area contributed by atoms with Crippen LogP contribution < -0.4 is 5.48 Å². The standard InChI is InChI=1S/C23H26NO/c1-2-11-23(21-16-7-4-8-17-21)25-24-22(20-14-9-10-15-20)18-19-12-5-3-6-13-19/h3-10,12-17,22-24H,2,11,18H2,1H3/t22-,23-/m1/s1. The fourth-order valence-corrected chi connectivity index (χ4v) is 3.09. The Balaban J connectivity index is 1.66. The zero-order valence-electron chi connectivity index (χ0n) is 14.8. The van der Waals surface area contributed by atoms with Crippen LogP contribution in [0.5, 0.6) is 0 Å². The van der Waals surface area contributed by atoms with E-state index in [2.05, 4.69) is 92.7 Å². The number of nitrogens with one attached hydrogen (secondary N) is 1. The van der Waals surface area contributed by atoms with Crippen molar-refractivity contribution in [3.63, 3.8) is 0 Å². The van der Waals surface area contributed by atoms with Gasteiger partial charge in [0.05, 0.1) is 0 Å². The van der Waals surface area contributed by atoms with Crippen molar-refractivity contribution in [2.75, 3.05) is 0 Å². The van der Waals surface area contributed by atoms with Crippen molar-refractivity contribution in [3.05, 3.63) is 103 Å². The zero-order valence-corrected chi connectivity index (χ0v) is 14.8. The summed E-state index contributed by atoms with van der Waals surface area (Å²) in [6, 6.07) is 21.1. The summed E-state index contributed by atoms with van der Waals surface area (Å²) in [5.41, 5.74) is 5.88.